The van der Waals surface area contributed by atoms with Crippen molar-refractivity contribution in [3.63, 3.8) is 0 Å². The van der Waals surface area contributed by atoms with Crippen LogP contribution in [0.1, 0.15) is 11.1 Å². The van der Waals surface area contributed by atoms with E-state index >= 15 is 0 Å². The standard InChI is InChI=1S/C26H27FN4O2/c1-33-22-7-2-19-14-23(26(32)29-16-18-8-10-28-11-9-18)25-17-30(12-13-31(25)24(19)15-22)21-5-3-20(27)4-6-21/h2-11,15,23,25H,12-14,16-17H2,1H3,(H,29,32)/t23-,25-/m0/s1. The summed E-state index contributed by atoms with van der Waals surface area (Å²) in [6.45, 7) is 2.73. The fourth-order valence-electron chi connectivity index (χ4n) is 4.91. The molecule has 7 heteroatoms. The summed E-state index contributed by atoms with van der Waals surface area (Å²) in [6, 6.07) is 16.5. The first-order valence-electron chi connectivity index (χ1n) is 11.2. The van der Waals surface area contributed by atoms with Crippen molar-refractivity contribution in [2.45, 2.75) is 19.0 Å². The predicted molar refractivity (Wildman–Crippen MR) is 126 cm³/mol. The summed E-state index contributed by atoms with van der Waals surface area (Å²) < 4.78 is 18.9. The molecule has 2 aliphatic heterocycles. The molecule has 1 amide bonds. The molecule has 0 saturated carbocycles. The first-order chi connectivity index (χ1) is 16.1. The summed E-state index contributed by atoms with van der Waals surface area (Å²) in [6.07, 6.45) is 4.13. The average molecular weight is 447 g/mol. The molecule has 2 aliphatic rings. The summed E-state index contributed by atoms with van der Waals surface area (Å²) >= 11 is 0. The SMILES string of the molecule is COc1ccc2c(c1)N1CCN(c3ccc(F)cc3)C[C@H]1[C@@H](C(=O)NCc1ccncc1)C2. The molecule has 3 heterocycles. The minimum absolute atomic E-state index is 0.000786. The number of fused-ring (bicyclic) bond motifs is 3. The van der Waals surface area contributed by atoms with Crippen molar-refractivity contribution < 1.29 is 13.9 Å². The van der Waals surface area contributed by atoms with E-state index in [4.69, 9.17) is 4.74 Å². The van der Waals surface area contributed by atoms with E-state index in [0.717, 1.165) is 41.3 Å². The molecule has 1 saturated heterocycles. The van der Waals surface area contributed by atoms with Crippen LogP contribution in [0.2, 0.25) is 0 Å². The number of piperazine rings is 1. The second-order valence-electron chi connectivity index (χ2n) is 8.56. The van der Waals surface area contributed by atoms with Gasteiger partial charge in [0.1, 0.15) is 11.6 Å². The van der Waals surface area contributed by atoms with Gasteiger partial charge in [0.2, 0.25) is 5.91 Å². The Bertz CT molecular complexity index is 1120. The molecule has 5 rings (SSSR count). The first kappa shape index (κ1) is 21.2. The number of methoxy groups -OCH3 is 1. The van der Waals surface area contributed by atoms with Crippen LogP contribution < -0.4 is 19.9 Å². The fraction of sp³-hybridized carbons (Fsp3) is 0.308. The lowest BCUT2D eigenvalue weighted by atomic mass is 9.83. The van der Waals surface area contributed by atoms with E-state index < -0.39 is 0 Å². The molecule has 1 fully saturated rings. The maximum absolute atomic E-state index is 13.5. The highest BCUT2D eigenvalue weighted by atomic mass is 19.1. The highest BCUT2D eigenvalue weighted by molar-refractivity contribution is 5.82. The van der Waals surface area contributed by atoms with Gasteiger partial charge < -0.3 is 19.9 Å². The smallest absolute Gasteiger partial charge is 0.225 e. The van der Waals surface area contributed by atoms with Crippen molar-refractivity contribution in [3.8, 4) is 5.75 Å². The molecule has 1 N–H and O–H groups in total. The molecule has 6 nitrogen and oxygen atoms in total. The van der Waals surface area contributed by atoms with Gasteiger partial charge in [0.05, 0.1) is 19.1 Å². The quantitative estimate of drug-likeness (QED) is 0.651. The van der Waals surface area contributed by atoms with E-state index in [1.165, 1.54) is 12.1 Å². The minimum atomic E-state index is -0.246. The summed E-state index contributed by atoms with van der Waals surface area (Å²) in [5, 5.41) is 3.13. The van der Waals surface area contributed by atoms with Crippen LogP contribution in [0.4, 0.5) is 15.8 Å². The molecule has 0 radical (unpaired) electrons. The van der Waals surface area contributed by atoms with E-state index in [9.17, 15) is 9.18 Å². The van der Waals surface area contributed by atoms with Crippen LogP contribution in [0.15, 0.2) is 67.0 Å². The van der Waals surface area contributed by atoms with Crippen LogP contribution in [-0.2, 0) is 17.8 Å². The topological polar surface area (TPSA) is 57.7 Å². The predicted octanol–water partition coefficient (Wildman–Crippen LogP) is 3.41. The Kier molecular flexibility index (Phi) is 5.86. The van der Waals surface area contributed by atoms with Gasteiger partial charge in [-0.15, -0.1) is 0 Å². The third-order valence-electron chi connectivity index (χ3n) is 6.67. The van der Waals surface area contributed by atoms with Gasteiger partial charge in [-0.05, 0) is 60.0 Å². The number of anilines is 2. The Hall–Kier alpha value is -3.61. The Morgan fingerprint density at radius 3 is 2.67 bits per heavy atom. The number of ether oxygens (including phenoxy) is 1. The number of pyridine rings is 1. The molecule has 2 atom stereocenters. The zero-order valence-electron chi connectivity index (χ0n) is 18.6. The lowest BCUT2D eigenvalue weighted by molar-refractivity contribution is -0.126. The maximum atomic E-state index is 13.5. The minimum Gasteiger partial charge on any atom is -0.497 e. The first-order valence-corrected chi connectivity index (χ1v) is 11.2. The van der Waals surface area contributed by atoms with E-state index in [-0.39, 0.29) is 23.7 Å². The van der Waals surface area contributed by atoms with Crippen LogP contribution in [0.5, 0.6) is 5.75 Å². The van der Waals surface area contributed by atoms with Gasteiger partial charge in [0.25, 0.3) is 0 Å². The molecule has 0 aliphatic carbocycles. The number of halogens is 1. The largest absolute Gasteiger partial charge is 0.497 e. The van der Waals surface area contributed by atoms with Gasteiger partial charge in [0.15, 0.2) is 0 Å². The molecule has 33 heavy (non-hydrogen) atoms. The molecular formula is C26H27FN4O2. The van der Waals surface area contributed by atoms with Crippen molar-refractivity contribution in [2.24, 2.45) is 5.92 Å². The molecule has 1 aromatic heterocycles. The Morgan fingerprint density at radius 2 is 1.91 bits per heavy atom. The Morgan fingerprint density at radius 1 is 1.12 bits per heavy atom. The summed E-state index contributed by atoms with van der Waals surface area (Å²) in [5.74, 6) is 0.415. The van der Waals surface area contributed by atoms with Crippen LogP contribution in [-0.4, -0.2) is 43.7 Å². The number of hydrogen-bond donors (Lipinski definition) is 1. The summed E-state index contributed by atoms with van der Waals surface area (Å²) in [4.78, 5) is 22.0. The van der Waals surface area contributed by atoms with Gasteiger partial charge in [-0.3, -0.25) is 9.78 Å². The van der Waals surface area contributed by atoms with Crippen molar-refractivity contribution >= 4 is 17.3 Å². The van der Waals surface area contributed by atoms with Crippen molar-refractivity contribution in [3.05, 3.63) is 83.9 Å². The third-order valence-corrected chi connectivity index (χ3v) is 6.67. The van der Waals surface area contributed by atoms with E-state index in [2.05, 4.69) is 32.2 Å². The highest BCUT2D eigenvalue weighted by Crippen LogP contribution is 2.39. The van der Waals surface area contributed by atoms with E-state index in [1.807, 2.05) is 30.3 Å². The zero-order chi connectivity index (χ0) is 22.8. The summed E-state index contributed by atoms with van der Waals surface area (Å²) in [7, 11) is 1.67. The van der Waals surface area contributed by atoms with Crippen LogP contribution in [0, 0.1) is 11.7 Å². The lowest BCUT2D eigenvalue weighted by Crippen LogP contribution is -2.61. The Balaban J connectivity index is 1.42. The number of amides is 1. The number of carbonyl (C=O) groups excluding carboxylic acids is 1. The van der Waals surface area contributed by atoms with Crippen LogP contribution in [0.25, 0.3) is 0 Å². The van der Waals surface area contributed by atoms with E-state index in [1.54, 1.807) is 19.5 Å². The zero-order valence-corrected chi connectivity index (χ0v) is 18.6. The average Bonchev–Trinajstić information content (AvgIpc) is 2.87. The van der Waals surface area contributed by atoms with Gasteiger partial charge in [-0.1, -0.05) is 6.07 Å². The molecular weight excluding hydrogens is 419 g/mol. The number of aromatic nitrogens is 1. The number of nitrogens with zero attached hydrogens (tertiary/aromatic N) is 3. The normalized spacial score (nSPS) is 19.5. The molecule has 170 valence electrons. The molecule has 0 spiro atoms. The number of nitrogens with one attached hydrogen (secondary N) is 1. The fourth-order valence-corrected chi connectivity index (χ4v) is 4.91. The Labute approximate surface area is 193 Å². The number of hydrogen-bond acceptors (Lipinski definition) is 5. The third kappa shape index (κ3) is 4.35. The molecule has 2 aromatic carbocycles. The van der Waals surface area contributed by atoms with Crippen molar-refractivity contribution in [2.75, 3.05) is 36.5 Å². The molecule has 0 unspecified atom stereocenters. The monoisotopic (exact) mass is 446 g/mol. The highest BCUT2D eigenvalue weighted by Gasteiger charge is 2.41. The van der Waals surface area contributed by atoms with Gasteiger partial charge in [-0.2, -0.15) is 0 Å². The number of carbonyl (C=O) groups is 1. The van der Waals surface area contributed by atoms with Crippen LogP contribution >= 0.6 is 0 Å². The second-order valence-corrected chi connectivity index (χ2v) is 8.56. The van der Waals surface area contributed by atoms with Crippen molar-refractivity contribution in [1.29, 1.82) is 0 Å². The summed E-state index contributed by atoms with van der Waals surface area (Å²) in [5.41, 5.74) is 4.29. The van der Waals surface area contributed by atoms with Gasteiger partial charge in [-0.25, -0.2) is 4.39 Å². The number of benzene rings is 2. The number of rotatable bonds is 5. The lowest BCUT2D eigenvalue weighted by Gasteiger charge is -2.49. The van der Waals surface area contributed by atoms with Crippen LogP contribution in [0.3, 0.4) is 0 Å². The molecule has 3 aromatic rings. The maximum Gasteiger partial charge on any atom is 0.225 e. The van der Waals surface area contributed by atoms with Gasteiger partial charge in [0, 0.05) is 56.0 Å². The van der Waals surface area contributed by atoms with Gasteiger partial charge >= 0.3 is 0 Å². The molecule has 0 bridgehead atoms. The second kappa shape index (κ2) is 9.10. The van der Waals surface area contributed by atoms with E-state index in [0.29, 0.717) is 19.5 Å². The van der Waals surface area contributed by atoms with Crippen molar-refractivity contribution in [1.82, 2.24) is 10.3 Å².